The van der Waals surface area contributed by atoms with Crippen molar-refractivity contribution in [2.75, 3.05) is 80.4 Å². The minimum Gasteiger partial charge on any atom is -0.493 e. The number of nitrogens with zero attached hydrogens (tertiary/aromatic N) is 2. The third-order valence-electron chi connectivity index (χ3n) is 10.3. The number of hydrogen-bond acceptors (Lipinski definition) is 16. The van der Waals surface area contributed by atoms with Crippen LogP contribution in [0.1, 0.15) is 47.8 Å². The first kappa shape index (κ1) is 60.8. The van der Waals surface area contributed by atoms with Crippen LogP contribution >= 0.6 is 46.6 Å². The number of nitrogens with one attached hydrogen (secondary N) is 2. The van der Waals surface area contributed by atoms with Crippen molar-refractivity contribution in [3.05, 3.63) is 161 Å². The van der Waals surface area contributed by atoms with Crippen molar-refractivity contribution in [1.29, 1.82) is 0 Å². The fourth-order valence-corrected chi connectivity index (χ4v) is 7.92. The third-order valence-corrected chi connectivity index (χ3v) is 12.1. The number of aromatic nitrogens is 2. The van der Waals surface area contributed by atoms with E-state index in [0.717, 1.165) is 21.7 Å². The lowest BCUT2D eigenvalue weighted by molar-refractivity contribution is 0.101. The van der Waals surface area contributed by atoms with Gasteiger partial charge in [-0.2, -0.15) is 0 Å². The molecule has 21 heteroatoms. The van der Waals surface area contributed by atoms with Crippen LogP contribution in [0.5, 0.6) is 51.7 Å². The van der Waals surface area contributed by atoms with Gasteiger partial charge in [-0.05, 0) is 58.6 Å². The van der Waals surface area contributed by atoms with Crippen molar-refractivity contribution in [2.45, 2.75) is 22.5 Å². The second kappa shape index (κ2) is 31.8. The number of rotatable bonds is 19. The summed E-state index contributed by atoms with van der Waals surface area (Å²) in [5.41, 5.74) is 11.6. The van der Waals surface area contributed by atoms with E-state index in [1.54, 1.807) is 131 Å². The highest BCUT2D eigenvalue weighted by atomic mass is 35.5. The topological polar surface area (TPSA) is 210 Å². The fourth-order valence-electron chi connectivity index (χ4n) is 6.71. The summed E-state index contributed by atoms with van der Waals surface area (Å²) in [6.07, 6.45) is 5.01. The van der Waals surface area contributed by atoms with Crippen molar-refractivity contribution in [2.24, 2.45) is 0 Å². The summed E-state index contributed by atoms with van der Waals surface area (Å²) in [6, 6.07) is 31.6. The minimum absolute atomic E-state index is 0.231. The lowest BCUT2D eigenvalue weighted by atomic mass is 10.1. The van der Waals surface area contributed by atoms with Gasteiger partial charge in [0, 0.05) is 100 Å². The van der Waals surface area contributed by atoms with Crippen molar-refractivity contribution in [1.82, 2.24) is 9.97 Å². The predicted molar refractivity (Wildman–Crippen MR) is 299 cm³/mol. The van der Waals surface area contributed by atoms with Crippen molar-refractivity contribution in [3.8, 4) is 51.7 Å². The summed E-state index contributed by atoms with van der Waals surface area (Å²) in [6.45, 7) is 0. The van der Waals surface area contributed by atoms with Crippen LogP contribution < -0.4 is 59.0 Å². The Hall–Kier alpha value is -7.77. The van der Waals surface area contributed by atoms with E-state index in [2.05, 4.69) is 20.6 Å². The molecule has 0 aliphatic rings. The standard InChI is InChI=1S/C21H21N3O4S.C17H18ClNO4.C9H13NO3.C8H6Cl2O/c1-26-17-10-16(11-18(27-2)20(17)28-3)24-21(25)15-6-4-5-14(9-15)13-29-19-12-22-7-8-23-19;1-21-14-8-13(9-15(22-2)16(14)23-3)19-17(20)12-6-4-5-11(7-12)10-18;1-11-7-4-6(10)5-8(12-2)9(7)13-3;9-5-6-2-1-3-7(4-6)8(10)11/h4-12H,13H2,1-3H3,(H,24,25);4-9H,10H2,1-3H3,(H,19,20);4-5H,10H2,1-3H3;1-4H,5H2. The van der Waals surface area contributed by atoms with E-state index < -0.39 is 5.24 Å². The number of nitrogen functional groups attached to an aromatic ring is 1. The van der Waals surface area contributed by atoms with Crippen LogP contribution in [0, 0.1) is 0 Å². The van der Waals surface area contributed by atoms with Crippen LogP contribution in [-0.2, 0) is 17.5 Å². The van der Waals surface area contributed by atoms with E-state index in [9.17, 15) is 14.4 Å². The number of methoxy groups -OCH3 is 9. The fraction of sp³-hybridized carbons (Fsp3) is 0.218. The molecular formula is C55H58Cl3N5O12S. The number of carbonyl (C=O) groups excluding carboxylic acids is 3. The highest BCUT2D eigenvalue weighted by Gasteiger charge is 2.18. The summed E-state index contributed by atoms with van der Waals surface area (Å²) in [5, 5.41) is 6.07. The van der Waals surface area contributed by atoms with Crippen LogP contribution in [0.25, 0.3) is 0 Å². The summed E-state index contributed by atoms with van der Waals surface area (Å²) in [5.74, 6) is 5.47. The Morgan fingerprint density at radius 3 is 1.22 bits per heavy atom. The molecule has 0 radical (unpaired) electrons. The number of alkyl halides is 2. The molecule has 17 nitrogen and oxygen atoms in total. The Morgan fingerprint density at radius 1 is 0.500 bits per heavy atom. The van der Waals surface area contributed by atoms with Crippen LogP contribution in [-0.4, -0.2) is 91.0 Å². The SMILES string of the molecule is COc1cc(N)cc(OC)c1OC.COc1cc(NC(=O)c2cccc(CCl)c2)cc(OC)c1OC.COc1cc(NC(=O)c2cccc(CSc3cnccn3)c2)cc(OC)c1OC.O=C(Cl)c1cccc(CCl)c1. The van der Waals surface area contributed by atoms with Gasteiger partial charge in [0.1, 0.15) is 5.03 Å². The molecule has 0 saturated carbocycles. The van der Waals surface area contributed by atoms with Crippen LogP contribution in [0.4, 0.5) is 17.1 Å². The number of nitrogens with two attached hydrogens (primary N) is 1. The maximum atomic E-state index is 12.7. The van der Waals surface area contributed by atoms with Gasteiger partial charge in [-0.1, -0.05) is 42.5 Å². The molecule has 0 aliphatic heterocycles. The molecule has 6 aromatic carbocycles. The summed E-state index contributed by atoms with van der Waals surface area (Å²) in [7, 11) is 13.8. The molecule has 0 fully saturated rings. The number of thioether (sulfide) groups is 1. The third kappa shape index (κ3) is 18.0. The Bertz CT molecular complexity index is 2940. The molecule has 1 aromatic heterocycles. The summed E-state index contributed by atoms with van der Waals surface area (Å²) in [4.78, 5) is 44.0. The molecule has 0 spiro atoms. The largest absolute Gasteiger partial charge is 0.493 e. The zero-order valence-corrected chi connectivity index (χ0v) is 46.2. The van der Waals surface area contributed by atoms with Gasteiger partial charge in [-0.25, -0.2) is 4.98 Å². The zero-order valence-electron chi connectivity index (χ0n) is 43.2. The first-order valence-electron chi connectivity index (χ1n) is 22.5. The summed E-state index contributed by atoms with van der Waals surface area (Å²) >= 11 is 18.2. The first-order valence-corrected chi connectivity index (χ1v) is 24.9. The van der Waals surface area contributed by atoms with E-state index in [0.29, 0.717) is 103 Å². The first-order chi connectivity index (χ1) is 36.7. The van der Waals surface area contributed by atoms with Gasteiger partial charge in [0.15, 0.2) is 34.5 Å². The highest BCUT2D eigenvalue weighted by molar-refractivity contribution is 7.98. The van der Waals surface area contributed by atoms with E-state index in [1.807, 2.05) is 30.3 Å². The Morgan fingerprint density at radius 2 is 0.868 bits per heavy atom. The van der Waals surface area contributed by atoms with Crippen molar-refractivity contribution < 1.29 is 57.0 Å². The van der Waals surface area contributed by atoms with Gasteiger partial charge in [0.2, 0.25) is 17.2 Å². The second-order valence-corrected chi connectivity index (χ2v) is 17.0. The Balaban J connectivity index is 0.000000235. The Kier molecular flexibility index (Phi) is 25.5. The second-order valence-electron chi connectivity index (χ2n) is 15.2. The maximum absolute atomic E-state index is 12.7. The van der Waals surface area contributed by atoms with E-state index >= 15 is 0 Å². The molecule has 7 rings (SSSR count). The molecule has 2 amide bonds. The average molecular weight is 1120 g/mol. The molecule has 0 bridgehead atoms. The van der Waals surface area contributed by atoms with Crippen LogP contribution in [0.2, 0.25) is 0 Å². The molecule has 0 saturated heterocycles. The molecule has 0 unspecified atom stereocenters. The normalized spacial score (nSPS) is 10.0. The van der Waals surface area contributed by atoms with E-state index in [4.69, 9.17) is 83.2 Å². The van der Waals surface area contributed by atoms with Gasteiger partial charge >= 0.3 is 0 Å². The Labute approximate surface area is 461 Å². The average Bonchev–Trinajstić information content (AvgIpc) is 3.46. The number of halogens is 3. The number of ether oxygens (including phenoxy) is 9. The number of benzene rings is 6. The number of carbonyl (C=O) groups is 3. The monoisotopic (exact) mass is 1120 g/mol. The van der Waals surface area contributed by atoms with Gasteiger partial charge in [0.25, 0.3) is 17.1 Å². The summed E-state index contributed by atoms with van der Waals surface area (Å²) < 4.78 is 47.0. The van der Waals surface area contributed by atoms with Gasteiger partial charge < -0.3 is 59.0 Å². The lowest BCUT2D eigenvalue weighted by Crippen LogP contribution is -2.12. The number of hydrogen-bond donors (Lipinski definition) is 3. The molecule has 402 valence electrons. The molecule has 4 N–H and O–H groups in total. The van der Waals surface area contributed by atoms with Gasteiger partial charge in [-0.15, -0.1) is 35.0 Å². The molecule has 76 heavy (non-hydrogen) atoms. The van der Waals surface area contributed by atoms with Crippen LogP contribution in [0.15, 0.2) is 133 Å². The maximum Gasteiger partial charge on any atom is 0.255 e. The lowest BCUT2D eigenvalue weighted by Gasteiger charge is -2.14. The smallest absolute Gasteiger partial charge is 0.255 e. The van der Waals surface area contributed by atoms with E-state index in [1.165, 1.54) is 42.7 Å². The van der Waals surface area contributed by atoms with Crippen molar-refractivity contribution >= 4 is 80.7 Å². The molecule has 0 aliphatic carbocycles. The highest BCUT2D eigenvalue weighted by Crippen LogP contribution is 2.42. The van der Waals surface area contributed by atoms with E-state index in [-0.39, 0.29) is 11.8 Å². The number of amides is 2. The van der Waals surface area contributed by atoms with Gasteiger partial charge in [0.05, 0.1) is 70.2 Å². The molecule has 0 atom stereocenters. The molecular weight excluding hydrogens is 1060 g/mol. The quantitative estimate of drug-likeness (QED) is 0.0297. The van der Waals surface area contributed by atoms with Gasteiger partial charge in [-0.3, -0.25) is 19.4 Å². The number of anilines is 3. The van der Waals surface area contributed by atoms with Crippen molar-refractivity contribution in [3.63, 3.8) is 0 Å². The zero-order chi connectivity index (χ0) is 55.6. The predicted octanol–water partition coefficient (Wildman–Crippen LogP) is 11.8. The molecule has 1 heterocycles. The van der Waals surface area contributed by atoms with Crippen LogP contribution in [0.3, 0.4) is 0 Å². The minimum atomic E-state index is -0.447. The molecule has 7 aromatic rings.